The van der Waals surface area contributed by atoms with E-state index in [0.717, 1.165) is 28.1 Å². The zero-order valence-electron chi connectivity index (χ0n) is 16.8. The molecule has 0 aliphatic carbocycles. The number of benzene rings is 2. The number of amides is 1. The van der Waals surface area contributed by atoms with Crippen molar-refractivity contribution in [3.63, 3.8) is 0 Å². The van der Waals surface area contributed by atoms with Crippen molar-refractivity contribution < 1.29 is 9.53 Å². The molecule has 0 radical (unpaired) electrons. The molecule has 0 spiro atoms. The van der Waals surface area contributed by atoms with E-state index in [1.807, 2.05) is 51.1 Å². The van der Waals surface area contributed by atoms with Crippen molar-refractivity contribution in [2.45, 2.75) is 27.7 Å². The molecule has 0 atom stereocenters. The number of hydrogen-bond donors (Lipinski definition) is 2. The van der Waals surface area contributed by atoms with Gasteiger partial charge in [0.05, 0.1) is 12.8 Å². The number of methoxy groups -OCH3 is 1. The molecule has 1 aromatic heterocycles. The van der Waals surface area contributed by atoms with Crippen molar-refractivity contribution in [3.05, 3.63) is 70.7 Å². The predicted molar refractivity (Wildman–Crippen MR) is 112 cm³/mol. The van der Waals surface area contributed by atoms with Gasteiger partial charge in [0, 0.05) is 11.8 Å². The quantitative estimate of drug-likeness (QED) is 0.674. The molecule has 2 N–H and O–H groups in total. The van der Waals surface area contributed by atoms with E-state index in [-0.39, 0.29) is 5.91 Å². The van der Waals surface area contributed by atoms with Crippen LogP contribution in [-0.2, 0) is 0 Å². The molecule has 0 saturated carbocycles. The third kappa shape index (κ3) is 4.65. The molecule has 1 amide bonds. The van der Waals surface area contributed by atoms with Gasteiger partial charge in [-0.2, -0.15) is 0 Å². The number of nitrogens with one attached hydrogen (secondary N) is 2. The van der Waals surface area contributed by atoms with Crippen molar-refractivity contribution in [1.82, 2.24) is 9.97 Å². The van der Waals surface area contributed by atoms with Crippen LogP contribution in [0.2, 0.25) is 0 Å². The Balaban J connectivity index is 1.87. The summed E-state index contributed by atoms with van der Waals surface area (Å²) in [6, 6.07) is 13.4. The minimum absolute atomic E-state index is 0.283. The Morgan fingerprint density at radius 2 is 1.61 bits per heavy atom. The molecule has 0 aliphatic heterocycles. The second-order valence-corrected chi connectivity index (χ2v) is 6.84. The maximum absolute atomic E-state index is 12.7. The standard InChI is InChI=1S/C22H24N4O2/c1-13-6-7-20(28-5)18(11-13)26-21-12-19(23-16(4)24-21)22(27)25-17-9-14(2)8-15(3)10-17/h6-12H,1-5H3,(H,25,27)(H,23,24,26). The highest BCUT2D eigenvalue weighted by atomic mass is 16.5. The van der Waals surface area contributed by atoms with Gasteiger partial charge in [0.15, 0.2) is 0 Å². The fraction of sp³-hybridized carbons (Fsp3) is 0.227. The van der Waals surface area contributed by atoms with Crippen LogP contribution in [0.15, 0.2) is 42.5 Å². The van der Waals surface area contributed by atoms with Gasteiger partial charge in [0.2, 0.25) is 0 Å². The molecule has 6 heteroatoms. The van der Waals surface area contributed by atoms with Crippen LogP contribution in [0, 0.1) is 27.7 Å². The summed E-state index contributed by atoms with van der Waals surface area (Å²) in [5.74, 6) is 1.45. The van der Waals surface area contributed by atoms with Gasteiger partial charge in [-0.3, -0.25) is 4.79 Å². The summed E-state index contributed by atoms with van der Waals surface area (Å²) in [6.07, 6.45) is 0. The summed E-state index contributed by atoms with van der Waals surface area (Å²) in [5, 5.41) is 6.13. The number of carbonyl (C=O) groups excluding carboxylic acids is 1. The van der Waals surface area contributed by atoms with Gasteiger partial charge in [-0.05, 0) is 68.7 Å². The number of aryl methyl sites for hydroxylation is 4. The number of nitrogens with zero attached hydrogens (tertiary/aromatic N) is 2. The largest absolute Gasteiger partial charge is 0.495 e. The predicted octanol–water partition coefficient (Wildman–Crippen LogP) is 4.71. The average molecular weight is 376 g/mol. The molecule has 0 fully saturated rings. The van der Waals surface area contributed by atoms with Crippen molar-refractivity contribution >= 4 is 23.1 Å². The van der Waals surface area contributed by atoms with Gasteiger partial charge in [-0.15, -0.1) is 0 Å². The molecule has 2 aromatic carbocycles. The lowest BCUT2D eigenvalue weighted by Gasteiger charge is -2.13. The lowest BCUT2D eigenvalue weighted by Crippen LogP contribution is -2.15. The molecule has 6 nitrogen and oxygen atoms in total. The molecular weight excluding hydrogens is 352 g/mol. The Bertz CT molecular complexity index is 1010. The Labute approximate surface area is 165 Å². The third-order valence-corrected chi connectivity index (χ3v) is 4.17. The van der Waals surface area contributed by atoms with Crippen LogP contribution in [0.5, 0.6) is 5.75 Å². The van der Waals surface area contributed by atoms with Gasteiger partial charge >= 0.3 is 0 Å². The Morgan fingerprint density at radius 3 is 2.29 bits per heavy atom. The smallest absolute Gasteiger partial charge is 0.274 e. The zero-order chi connectivity index (χ0) is 20.3. The zero-order valence-corrected chi connectivity index (χ0v) is 16.8. The Hall–Kier alpha value is -3.41. The van der Waals surface area contributed by atoms with Crippen LogP contribution in [0.1, 0.15) is 33.0 Å². The molecule has 28 heavy (non-hydrogen) atoms. The SMILES string of the molecule is COc1ccc(C)cc1Nc1cc(C(=O)Nc2cc(C)cc(C)c2)nc(C)n1. The lowest BCUT2D eigenvalue weighted by atomic mass is 10.1. The van der Waals surface area contributed by atoms with E-state index in [4.69, 9.17) is 4.74 Å². The van der Waals surface area contributed by atoms with Crippen LogP contribution in [-0.4, -0.2) is 23.0 Å². The number of hydrogen-bond acceptors (Lipinski definition) is 5. The first kappa shape index (κ1) is 19.4. The molecule has 0 aliphatic rings. The maximum Gasteiger partial charge on any atom is 0.274 e. The van der Waals surface area contributed by atoms with Crippen molar-refractivity contribution in [1.29, 1.82) is 0 Å². The molecule has 3 aromatic rings. The molecule has 0 bridgehead atoms. The second-order valence-electron chi connectivity index (χ2n) is 6.84. The number of rotatable bonds is 5. The summed E-state index contributed by atoms with van der Waals surface area (Å²) in [4.78, 5) is 21.4. The van der Waals surface area contributed by atoms with Crippen molar-refractivity contribution in [2.24, 2.45) is 0 Å². The van der Waals surface area contributed by atoms with Crippen LogP contribution in [0.25, 0.3) is 0 Å². The summed E-state index contributed by atoms with van der Waals surface area (Å²) in [7, 11) is 1.61. The molecule has 3 rings (SSSR count). The van der Waals surface area contributed by atoms with E-state index in [9.17, 15) is 4.79 Å². The fourth-order valence-electron chi connectivity index (χ4n) is 3.05. The number of carbonyl (C=O) groups is 1. The fourth-order valence-corrected chi connectivity index (χ4v) is 3.05. The van der Waals surface area contributed by atoms with Crippen LogP contribution in [0.3, 0.4) is 0 Å². The van der Waals surface area contributed by atoms with E-state index in [0.29, 0.717) is 23.1 Å². The van der Waals surface area contributed by atoms with Gasteiger partial charge in [0.1, 0.15) is 23.1 Å². The molecule has 0 unspecified atom stereocenters. The van der Waals surface area contributed by atoms with E-state index in [2.05, 4.69) is 26.7 Å². The van der Waals surface area contributed by atoms with Crippen LogP contribution in [0.4, 0.5) is 17.2 Å². The summed E-state index contributed by atoms with van der Waals surface area (Å²) < 4.78 is 5.40. The van der Waals surface area contributed by atoms with E-state index in [1.54, 1.807) is 20.1 Å². The molecule has 144 valence electrons. The first-order chi connectivity index (χ1) is 13.3. The second kappa shape index (κ2) is 8.08. The highest BCUT2D eigenvalue weighted by molar-refractivity contribution is 6.03. The highest BCUT2D eigenvalue weighted by Gasteiger charge is 2.13. The van der Waals surface area contributed by atoms with Crippen LogP contribution >= 0.6 is 0 Å². The van der Waals surface area contributed by atoms with Gasteiger partial charge < -0.3 is 15.4 Å². The van der Waals surface area contributed by atoms with E-state index in [1.165, 1.54) is 0 Å². The maximum atomic E-state index is 12.7. The number of anilines is 3. The number of aromatic nitrogens is 2. The van der Waals surface area contributed by atoms with Gasteiger partial charge in [0.25, 0.3) is 5.91 Å². The van der Waals surface area contributed by atoms with Crippen molar-refractivity contribution in [3.8, 4) is 5.75 Å². The minimum atomic E-state index is -0.283. The Morgan fingerprint density at radius 1 is 0.893 bits per heavy atom. The molecular formula is C22H24N4O2. The van der Waals surface area contributed by atoms with Crippen molar-refractivity contribution in [2.75, 3.05) is 17.7 Å². The average Bonchev–Trinajstić information content (AvgIpc) is 2.60. The first-order valence-corrected chi connectivity index (χ1v) is 9.01. The molecule has 0 saturated heterocycles. The normalized spacial score (nSPS) is 10.5. The lowest BCUT2D eigenvalue weighted by molar-refractivity contribution is 0.102. The number of ether oxygens (including phenoxy) is 1. The highest BCUT2D eigenvalue weighted by Crippen LogP contribution is 2.28. The Kier molecular flexibility index (Phi) is 5.59. The minimum Gasteiger partial charge on any atom is -0.495 e. The summed E-state index contributed by atoms with van der Waals surface area (Å²) in [5.41, 5.74) is 5.07. The van der Waals surface area contributed by atoms with E-state index >= 15 is 0 Å². The summed E-state index contributed by atoms with van der Waals surface area (Å²) in [6.45, 7) is 7.74. The van der Waals surface area contributed by atoms with E-state index < -0.39 is 0 Å². The van der Waals surface area contributed by atoms with Crippen LogP contribution < -0.4 is 15.4 Å². The monoisotopic (exact) mass is 376 g/mol. The van der Waals surface area contributed by atoms with Gasteiger partial charge in [-0.1, -0.05) is 12.1 Å². The third-order valence-electron chi connectivity index (χ3n) is 4.17. The topological polar surface area (TPSA) is 76.1 Å². The first-order valence-electron chi connectivity index (χ1n) is 9.01. The molecule has 1 heterocycles. The summed E-state index contributed by atoms with van der Waals surface area (Å²) >= 11 is 0. The van der Waals surface area contributed by atoms with Gasteiger partial charge in [-0.25, -0.2) is 9.97 Å².